The number of hydrogen-bond acceptors (Lipinski definition) is 2. The molecule has 1 aliphatic rings. The van der Waals surface area contributed by atoms with Gasteiger partial charge in [0.1, 0.15) is 5.60 Å². The van der Waals surface area contributed by atoms with Gasteiger partial charge in [-0.2, -0.15) is 0 Å². The van der Waals surface area contributed by atoms with Crippen LogP contribution in [0.5, 0.6) is 0 Å². The van der Waals surface area contributed by atoms with Crippen LogP contribution in [0.4, 0.5) is 4.79 Å². The molecular weight excluding hydrogens is 214 g/mol. The summed E-state index contributed by atoms with van der Waals surface area (Å²) in [5.74, 6) is 0.627. The zero-order chi connectivity index (χ0) is 13.3. The number of likely N-dealkylation sites (tertiary alicyclic amines) is 1. The lowest BCUT2D eigenvalue weighted by Crippen LogP contribution is -2.35. The van der Waals surface area contributed by atoms with E-state index in [1.807, 2.05) is 25.7 Å². The molecule has 0 radical (unpaired) electrons. The maximum atomic E-state index is 11.9. The molecule has 17 heavy (non-hydrogen) atoms. The first kappa shape index (κ1) is 14.3. The zero-order valence-electron chi connectivity index (χ0n) is 12.2. The Bertz CT molecular complexity index is 273. The van der Waals surface area contributed by atoms with Crippen LogP contribution in [0.25, 0.3) is 0 Å². The quantitative estimate of drug-likeness (QED) is 0.701. The molecule has 0 aliphatic carbocycles. The molecule has 1 heterocycles. The molecule has 1 fully saturated rings. The highest BCUT2D eigenvalue weighted by molar-refractivity contribution is 5.68. The predicted octanol–water partition coefficient (Wildman–Crippen LogP) is 3.68. The SMILES string of the molecule is CC(C)(C)C[C@@H]1CCN(C(=O)OC(C)(C)C)C1. The summed E-state index contributed by atoms with van der Waals surface area (Å²) in [5, 5.41) is 0. The lowest BCUT2D eigenvalue weighted by molar-refractivity contribution is 0.0285. The third-order valence-corrected chi connectivity index (χ3v) is 2.84. The molecule has 1 saturated heterocycles. The number of nitrogens with zero attached hydrogens (tertiary/aromatic N) is 1. The summed E-state index contributed by atoms with van der Waals surface area (Å²) < 4.78 is 5.39. The van der Waals surface area contributed by atoms with E-state index in [9.17, 15) is 4.79 Å². The maximum absolute atomic E-state index is 11.9. The standard InChI is InChI=1S/C14H27NO2/c1-13(2,3)9-11-7-8-15(10-11)12(16)17-14(4,5)6/h11H,7-10H2,1-6H3/t11-/m0/s1. The number of carbonyl (C=O) groups is 1. The van der Waals surface area contributed by atoms with E-state index in [1.165, 1.54) is 6.42 Å². The van der Waals surface area contributed by atoms with Crippen LogP contribution in [0.15, 0.2) is 0 Å². The Hall–Kier alpha value is -0.730. The highest BCUT2D eigenvalue weighted by atomic mass is 16.6. The summed E-state index contributed by atoms with van der Waals surface area (Å²) in [6.45, 7) is 14.2. The fourth-order valence-electron chi connectivity index (χ4n) is 2.36. The molecule has 0 unspecified atom stereocenters. The third kappa shape index (κ3) is 5.42. The summed E-state index contributed by atoms with van der Waals surface area (Å²) in [7, 11) is 0. The van der Waals surface area contributed by atoms with Gasteiger partial charge >= 0.3 is 6.09 Å². The smallest absolute Gasteiger partial charge is 0.410 e. The first-order valence-electron chi connectivity index (χ1n) is 6.55. The van der Waals surface area contributed by atoms with Gasteiger partial charge in [-0.05, 0) is 44.9 Å². The second-order valence-corrected chi connectivity index (χ2v) is 7.35. The summed E-state index contributed by atoms with van der Waals surface area (Å²) >= 11 is 0. The van der Waals surface area contributed by atoms with Crippen molar-refractivity contribution in [3.05, 3.63) is 0 Å². The molecule has 1 amide bonds. The lowest BCUT2D eigenvalue weighted by atomic mass is 9.84. The fraction of sp³-hybridized carbons (Fsp3) is 0.929. The topological polar surface area (TPSA) is 29.5 Å². The Labute approximate surface area is 106 Å². The summed E-state index contributed by atoms with van der Waals surface area (Å²) in [4.78, 5) is 13.7. The largest absolute Gasteiger partial charge is 0.444 e. The minimum absolute atomic E-state index is 0.158. The lowest BCUT2D eigenvalue weighted by Gasteiger charge is -2.25. The molecule has 0 aromatic heterocycles. The predicted molar refractivity (Wildman–Crippen MR) is 70.0 cm³/mol. The molecule has 0 aromatic carbocycles. The normalized spacial score (nSPS) is 21.8. The van der Waals surface area contributed by atoms with Crippen LogP contribution in [-0.2, 0) is 4.74 Å². The molecule has 100 valence electrons. The number of hydrogen-bond donors (Lipinski definition) is 0. The first-order valence-corrected chi connectivity index (χ1v) is 6.55. The maximum Gasteiger partial charge on any atom is 0.410 e. The molecule has 1 aliphatic heterocycles. The van der Waals surface area contributed by atoms with Gasteiger partial charge in [0.15, 0.2) is 0 Å². The van der Waals surface area contributed by atoms with Gasteiger partial charge in [0.25, 0.3) is 0 Å². The molecule has 3 nitrogen and oxygen atoms in total. The van der Waals surface area contributed by atoms with E-state index in [0.717, 1.165) is 19.5 Å². The highest BCUT2D eigenvalue weighted by Crippen LogP contribution is 2.30. The Morgan fingerprint density at radius 1 is 1.24 bits per heavy atom. The number of rotatable bonds is 1. The minimum atomic E-state index is -0.390. The van der Waals surface area contributed by atoms with Gasteiger partial charge in [-0.3, -0.25) is 0 Å². The van der Waals surface area contributed by atoms with Crippen LogP contribution in [0.3, 0.4) is 0 Å². The molecule has 0 aromatic rings. The van der Waals surface area contributed by atoms with E-state index in [0.29, 0.717) is 11.3 Å². The van der Waals surface area contributed by atoms with Crippen LogP contribution in [0.1, 0.15) is 54.4 Å². The van der Waals surface area contributed by atoms with Crippen molar-refractivity contribution in [1.29, 1.82) is 0 Å². The van der Waals surface area contributed by atoms with Crippen molar-refractivity contribution < 1.29 is 9.53 Å². The van der Waals surface area contributed by atoms with Crippen molar-refractivity contribution in [2.75, 3.05) is 13.1 Å². The van der Waals surface area contributed by atoms with Gasteiger partial charge in [-0.1, -0.05) is 20.8 Å². The second kappa shape index (κ2) is 4.87. The van der Waals surface area contributed by atoms with E-state index in [-0.39, 0.29) is 11.7 Å². The molecule has 1 rings (SSSR count). The van der Waals surface area contributed by atoms with Gasteiger partial charge < -0.3 is 9.64 Å². The van der Waals surface area contributed by atoms with E-state index >= 15 is 0 Å². The van der Waals surface area contributed by atoms with E-state index in [4.69, 9.17) is 4.74 Å². The summed E-state index contributed by atoms with van der Waals surface area (Å²) in [6, 6.07) is 0. The molecular formula is C14H27NO2. The van der Waals surface area contributed by atoms with Gasteiger partial charge in [-0.15, -0.1) is 0 Å². The zero-order valence-corrected chi connectivity index (χ0v) is 12.2. The van der Waals surface area contributed by atoms with Gasteiger partial charge in [-0.25, -0.2) is 4.79 Å². The first-order chi connectivity index (χ1) is 7.57. The molecule has 0 bridgehead atoms. The van der Waals surface area contributed by atoms with Crippen LogP contribution < -0.4 is 0 Å². The van der Waals surface area contributed by atoms with Crippen LogP contribution in [0.2, 0.25) is 0 Å². The van der Waals surface area contributed by atoms with E-state index in [2.05, 4.69) is 20.8 Å². The van der Waals surface area contributed by atoms with E-state index in [1.54, 1.807) is 0 Å². The monoisotopic (exact) mass is 241 g/mol. The van der Waals surface area contributed by atoms with Crippen molar-refractivity contribution in [2.45, 2.75) is 60.0 Å². The Morgan fingerprint density at radius 3 is 2.29 bits per heavy atom. The highest BCUT2D eigenvalue weighted by Gasteiger charge is 2.31. The van der Waals surface area contributed by atoms with Gasteiger partial charge in [0.2, 0.25) is 0 Å². The van der Waals surface area contributed by atoms with Crippen molar-refractivity contribution in [3.63, 3.8) is 0 Å². The average Bonchev–Trinajstić information content (AvgIpc) is 2.45. The number of amides is 1. The van der Waals surface area contributed by atoms with Crippen molar-refractivity contribution >= 4 is 6.09 Å². The molecule has 0 N–H and O–H groups in total. The number of ether oxygens (including phenoxy) is 1. The Kier molecular flexibility index (Phi) is 4.11. The Morgan fingerprint density at radius 2 is 1.82 bits per heavy atom. The van der Waals surface area contributed by atoms with Crippen LogP contribution >= 0.6 is 0 Å². The molecule has 0 spiro atoms. The second-order valence-electron chi connectivity index (χ2n) is 7.35. The van der Waals surface area contributed by atoms with E-state index < -0.39 is 0 Å². The summed E-state index contributed by atoms with van der Waals surface area (Å²) in [5.41, 5.74) is -0.0478. The van der Waals surface area contributed by atoms with Crippen molar-refractivity contribution in [3.8, 4) is 0 Å². The van der Waals surface area contributed by atoms with Crippen molar-refractivity contribution in [2.24, 2.45) is 11.3 Å². The van der Waals surface area contributed by atoms with Gasteiger partial charge in [0.05, 0.1) is 0 Å². The molecule has 3 heteroatoms. The third-order valence-electron chi connectivity index (χ3n) is 2.84. The average molecular weight is 241 g/mol. The van der Waals surface area contributed by atoms with Crippen LogP contribution in [0, 0.1) is 11.3 Å². The minimum Gasteiger partial charge on any atom is -0.444 e. The van der Waals surface area contributed by atoms with Gasteiger partial charge in [0, 0.05) is 13.1 Å². The molecule has 1 atom stereocenters. The number of carbonyl (C=O) groups excluding carboxylic acids is 1. The van der Waals surface area contributed by atoms with Crippen LogP contribution in [-0.4, -0.2) is 29.7 Å². The Balaban J connectivity index is 2.43. The summed E-state index contributed by atoms with van der Waals surface area (Å²) in [6.07, 6.45) is 2.12. The van der Waals surface area contributed by atoms with Crippen molar-refractivity contribution in [1.82, 2.24) is 4.90 Å². The fourth-order valence-corrected chi connectivity index (χ4v) is 2.36. The molecule has 0 saturated carbocycles.